The average molecular weight is 447 g/mol. The van der Waals surface area contributed by atoms with Crippen LogP contribution in [0.2, 0.25) is 0 Å². The molecule has 1 amide bonds. The van der Waals surface area contributed by atoms with Crippen molar-refractivity contribution in [1.82, 2.24) is 14.8 Å². The summed E-state index contributed by atoms with van der Waals surface area (Å²) in [5, 5.41) is 12.2. The third kappa shape index (κ3) is 4.92. The Hall–Kier alpha value is -3.78. The molecule has 32 heavy (non-hydrogen) atoms. The minimum absolute atomic E-state index is 0.164. The van der Waals surface area contributed by atoms with E-state index in [0.717, 1.165) is 16.5 Å². The fourth-order valence-electron chi connectivity index (χ4n) is 3.06. The van der Waals surface area contributed by atoms with Gasteiger partial charge in [-0.3, -0.25) is 9.36 Å². The lowest BCUT2D eigenvalue weighted by molar-refractivity contribution is 0.102. The number of aromatic nitrogens is 3. The van der Waals surface area contributed by atoms with Crippen LogP contribution in [0, 0.1) is 0 Å². The molecule has 2 heterocycles. The predicted octanol–water partition coefficient (Wildman–Crippen LogP) is 5.28. The molecule has 162 valence electrons. The lowest BCUT2D eigenvalue weighted by Gasteiger charge is -2.08. The molecule has 0 saturated carbocycles. The second-order valence-corrected chi connectivity index (χ2v) is 7.79. The van der Waals surface area contributed by atoms with Crippen LogP contribution in [0.4, 0.5) is 5.69 Å². The Bertz CT molecular complexity index is 1180. The highest BCUT2D eigenvalue weighted by molar-refractivity contribution is 7.98. The van der Waals surface area contributed by atoms with Gasteiger partial charge in [0.25, 0.3) is 5.91 Å². The molecule has 0 radical (unpaired) electrons. The largest absolute Gasteiger partial charge is 0.497 e. The Morgan fingerprint density at radius 2 is 1.94 bits per heavy atom. The van der Waals surface area contributed by atoms with Crippen molar-refractivity contribution < 1.29 is 13.9 Å². The van der Waals surface area contributed by atoms with Gasteiger partial charge in [0.2, 0.25) is 5.82 Å². The number of carbonyl (C=O) groups is 1. The van der Waals surface area contributed by atoms with E-state index >= 15 is 0 Å². The fourth-order valence-corrected chi connectivity index (χ4v) is 3.96. The Kier molecular flexibility index (Phi) is 6.72. The Morgan fingerprint density at radius 3 is 2.59 bits per heavy atom. The van der Waals surface area contributed by atoms with Crippen LogP contribution < -0.4 is 10.1 Å². The van der Waals surface area contributed by atoms with E-state index in [1.54, 1.807) is 55.5 Å². The molecule has 2 aromatic heterocycles. The van der Waals surface area contributed by atoms with E-state index in [-0.39, 0.29) is 5.91 Å². The molecule has 2 aromatic carbocycles. The molecule has 0 bridgehead atoms. The Labute approximate surface area is 190 Å². The van der Waals surface area contributed by atoms with Crippen molar-refractivity contribution in [2.75, 3.05) is 12.4 Å². The molecule has 0 spiro atoms. The van der Waals surface area contributed by atoms with Gasteiger partial charge in [0, 0.05) is 23.5 Å². The Balaban J connectivity index is 1.39. The van der Waals surface area contributed by atoms with E-state index in [4.69, 9.17) is 9.15 Å². The molecule has 0 aliphatic carbocycles. The lowest BCUT2D eigenvalue weighted by Crippen LogP contribution is -2.11. The second kappa shape index (κ2) is 10.0. The predicted molar refractivity (Wildman–Crippen MR) is 125 cm³/mol. The van der Waals surface area contributed by atoms with E-state index in [2.05, 4.69) is 22.1 Å². The number of allylic oxidation sites excluding steroid dienone is 1. The van der Waals surface area contributed by atoms with Gasteiger partial charge in [0.05, 0.1) is 13.4 Å². The summed E-state index contributed by atoms with van der Waals surface area (Å²) >= 11 is 1.57. The van der Waals surface area contributed by atoms with Crippen LogP contribution in [-0.2, 0) is 12.3 Å². The summed E-state index contributed by atoms with van der Waals surface area (Å²) in [7, 11) is 1.61. The van der Waals surface area contributed by atoms with Crippen molar-refractivity contribution in [2.24, 2.45) is 0 Å². The molecule has 0 saturated heterocycles. The third-order valence-corrected chi connectivity index (χ3v) is 5.74. The van der Waals surface area contributed by atoms with Crippen molar-refractivity contribution in [3.05, 3.63) is 90.7 Å². The van der Waals surface area contributed by atoms with Gasteiger partial charge >= 0.3 is 0 Å². The molecule has 0 aliphatic heterocycles. The summed E-state index contributed by atoms with van der Waals surface area (Å²) < 4.78 is 12.6. The molecular weight excluding hydrogens is 424 g/mol. The number of nitrogens with zero attached hydrogens (tertiary/aromatic N) is 3. The molecule has 0 aliphatic rings. The van der Waals surface area contributed by atoms with Gasteiger partial charge in [-0.25, -0.2) is 0 Å². The fraction of sp³-hybridized carbons (Fsp3) is 0.125. The van der Waals surface area contributed by atoms with E-state index in [1.807, 2.05) is 41.0 Å². The Morgan fingerprint density at radius 1 is 1.16 bits per heavy atom. The van der Waals surface area contributed by atoms with Gasteiger partial charge < -0.3 is 14.5 Å². The number of rotatable bonds is 9. The first kappa shape index (κ1) is 21.5. The van der Waals surface area contributed by atoms with Crippen LogP contribution in [0.25, 0.3) is 11.6 Å². The highest BCUT2D eigenvalue weighted by Gasteiger charge is 2.15. The van der Waals surface area contributed by atoms with E-state index < -0.39 is 0 Å². The van der Waals surface area contributed by atoms with E-state index in [1.165, 1.54) is 0 Å². The molecule has 1 N–H and O–H groups in total. The zero-order chi connectivity index (χ0) is 22.3. The summed E-state index contributed by atoms with van der Waals surface area (Å²) in [6, 6.07) is 18.4. The number of anilines is 1. The minimum atomic E-state index is -0.164. The lowest BCUT2D eigenvalue weighted by atomic mass is 10.1. The maximum atomic E-state index is 12.5. The smallest absolute Gasteiger partial charge is 0.255 e. The van der Waals surface area contributed by atoms with E-state index in [9.17, 15) is 4.79 Å². The van der Waals surface area contributed by atoms with Crippen molar-refractivity contribution >= 4 is 23.4 Å². The van der Waals surface area contributed by atoms with Gasteiger partial charge in [-0.15, -0.1) is 16.8 Å². The van der Waals surface area contributed by atoms with Crippen molar-refractivity contribution in [3.63, 3.8) is 0 Å². The number of carbonyl (C=O) groups excluding carboxylic acids is 1. The molecule has 0 fully saturated rings. The number of ether oxygens (including phenoxy) is 1. The molecule has 4 aromatic rings. The van der Waals surface area contributed by atoms with Crippen LogP contribution in [0.3, 0.4) is 0 Å². The SMILES string of the molecule is C=CCn1c(SCc2ccc(C(=O)Nc3ccc(OC)cc3)cc2)nnc1-c1ccco1. The maximum Gasteiger partial charge on any atom is 0.255 e. The summed E-state index contributed by atoms with van der Waals surface area (Å²) in [5.41, 5.74) is 2.37. The summed E-state index contributed by atoms with van der Waals surface area (Å²) in [6.45, 7) is 4.40. The number of amides is 1. The molecule has 7 nitrogen and oxygen atoms in total. The van der Waals surface area contributed by atoms with Crippen LogP contribution in [-0.4, -0.2) is 27.8 Å². The first-order valence-electron chi connectivity index (χ1n) is 9.93. The maximum absolute atomic E-state index is 12.5. The topological polar surface area (TPSA) is 82.2 Å². The van der Waals surface area contributed by atoms with Crippen LogP contribution in [0.1, 0.15) is 15.9 Å². The third-order valence-electron chi connectivity index (χ3n) is 4.70. The van der Waals surface area contributed by atoms with Gasteiger partial charge in [-0.2, -0.15) is 0 Å². The van der Waals surface area contributed by atoms with Crippen molar-refractivity contribution in [2.45, 2.75) is 17.5 Å². The van der Waals surface area contributed by atoms with Crippen LogP contribution in [0.15, 0.2) is 89.2 Å². The zero-order valence-corrected chi connectivity index (χ0v) is 18.3. The summed E-state index contributed by atoms with van der Waals surface area (Å²) in [6.07, 6.45) is 3.41. The summed E-state index contributed by atoms with van der Waals surface area (Å²) in [4.78, 5) is 12.5. The monoisotopic (exact) mass is 446 g/mol. The summed E-state index contributed by atoms with van der Waals surface area (Å²) in [5.74, 6) is 2.60. The van der Waals surface area contributed by atoms with Crippen LogP contribution >= 0.6 is 11.8 Å². The second-order valence-electron chi connectivity index (χ2n) is 6.85. The van der Waals surface area contributed by atoms with E-state index in [0.29, 0.717) is 35.1 Å². The zero-order valence-electron chi connectivity index (χ0n) is 17.5. The number of hydrogen-bond acceptors (Lipinski definition) is 6. The quantitative estimate of drug-likeness (QED) is 0.278. The number of nitrogens with one attached hydrogen (secondary N) is 1. The highest BCUT2D eigenvalue weighted by Crippen LogP contribution is 2.27. The molecule has 0 unspecified atom stereocenters. The molecule has 8 heteroatoms. The molecular formula is C24H22N4O3S. The molecule has 0 atom stereocenters. The number of furan rings is 1. The standard InChI is InChI=1S/C24H22N4O3S/c1-3-14-28-22(21-5-4-15-31-21)26-27-24(28)32-16-17-6-8-18(9-7-17)23(29)25-19-10-12-20(30-2)13-11-19/h3-13,15H,1,14,16H2,2H3,(H,25,29). The van der Waals surface area contributed by atoms with Gasteiger partial charge in [0.1, 0.15) is 5.75 Å². The minimum Gasteiger partial charge on any atom is -0.497 e. The first-order chi connectivity index (χ1) is 15.7. The van der Waals surface area contributed by atoms with Crippen molar-refractivity contribution in [1.29, 1.82) is 0 Å². The number of benzene rings is 2. The first-order valence-corrected chi connectivity index (χ1v) is 10.9. The van der Waals surface area contributed by atoms with Gasteiger partial charge in [-0.05, 0) is 54.1 Å². The highest BCUT2D eigenvalue weighted by atomic mass is 32.2. The van der Waals surface area contributed by atoms with Gasteiger partial charge in [0.15, 0.2) is 10.9 Å². The number of thioether (sulfide) groups is 1. The van der Waals surface area contributed by atoms with Crippen molar-refractivity contribution in [3.8, 4) is 17.3 Å². The normalized spacial score (nSPS) is 10.7. The van der Waals surface area contributed by atoms with Gasteiger partial charge in [-0.1, -0.05) is 30.0 Å². The average Bonchev–Trinajstić information content (AvgIpc) is 3.49. The molecule has 4 rings (SSSR count). The van der Waals surface area contributed by atoms with Crippen LogP contribution in [0.5, 0.6) is 5.75 Å². The number of hydrogen-bond donors (Lipinski definition) is 1. The number of methoxy groups -OCH3 is 1.